The number of benzene rings is 1. The number of pyridine rings is 1. The van der Waals surface area contributed by atoms with Gasteiger partial charge in [0.15, 0.2) is 0 Å². The zero-order chi connectivity index (χ0) is 12.3. The van der Waals surface area contributed by atoms with Gasteiger partial charge in [-0.3, -0.25) is 4.98 Å². The van der Waals surface area contributed by atoms with E-state index in [1.807, 2.05) is 12.3 Å². The molecular formula is C15H18N2. The number of aryl methyl sites for hydroxylation is 2. The van der Waals surface area contributed by atoms with E-state index in [-0.39, 0.29) is 0 Å². The zero-order valence-electron chi connectivity index (χ0n) is 10.6. The maximum absolute atomic E-state index is 4.45. The minimum Gasteiger partial charge on any atom is -0.385 e. The van der Waals surface area contributed by atoms with Crippen molar-refractivity contribution < 1.29 is 0 Å². The summed E-state index contributed by atoms with van der Waals surface area (Å²) >= 11 is 0. The molecule has 1 aromatic heterocycles. The molecule has 0 aliphatic carbocycles. The number of hydrogen-bond acceptors (Lipinski definition) is 2. The molecule has 88 valence electrons. The summed E-state index contributed by atoms with van der Waals surface area (Å²) in [5.74, 6) is 0. The Balaban J connectivity index is 2.45. The summed E-state index contributed by atoms with van der Waals surface area (Å²) in [4.78, 5) is 4.45. The van der Waals surface area contributed by atoms with Crippen LogP contribution < -0.4 is 5.32 Å². The number of aromatic nitrogens is 1. The average Bonchev–Trinajstić information content (AvgIpc) is 2.33. The van der Waals surface area contributed by atoms with Gasteiger partial charge in [0, 0.05) is 24.0 Å². The lowest BCUT2D eigenvalue weighted by molar-refractivity contribution is 1.20. The summed E-state index contributed by atoms with van der Waals surface area (Å²) in [5, 5.41) is 3.31. The summed E-state index contributed by atoms with van der Waals surface area (Å²) in [7, 11) is 0. The molecule has 0 saturated heterocycles. The second kappa shape index (κ2) is 5.00. The molecule has 2 nitrogen and oxygen atoms in total. The highest BCUT2D eigenvalue weighted by molar-refractivity contribution is 5.67. The first-order valence-corrected chi connectivity index (χ1v) is 5.98. The SMILES string of the molecule is CCNc1ccnc(-c2cc(C)ccc2C)c1. The first-order valence-electron chi connectivity index (χ1n) is 5.98. The first kappa shape index (κ1) is 11.6. The van der Waals surface area contributed by atoms with Gasteiger partial charge >= 0.3 is 0 Å². The Labute approximate surface area is 103 Å². The van der Waals surface area contributed by atoms with E-state index in [4.69, 9.17) is 0 Å². The predicted octanol–water partition coefficient (Wildman–Crippen LogP) is 3.80. The molecule has 0 bridgehead atoms. The van der Waals surface area contributed by atoms with Gasteiger partial charge in [-0.05, 0) is 44.5 Å². The van der Waals surface area contributed by atoms with Crippen molar-refractivity contribution >= 4 is 5.69 Å². The van der Waals surface area contributed by atoms with Crippen LogP contribution in [0, 0.1) is 13.8 Å². The Bertz CT molecular complexity index is 518. The lowest BCUT2D eigenvalue weighted by Crippen LogP contribution is -1.97. The van der Waals surface area contributed by atoms with Gasteiger partial charge in [-0.15, -0.1) is 0 Å². The predicted molar refractivity (Wildman–Crippen MR) is 73.3 cm³/mol. The smallest absolute Gasteiger partial charge is 0.0725 e. The van der Waals surface area contributed by atoms with Crippen LogP contribution in [0.5, 0.6) is 0 Å². The van der Waals surface area contributed by atoms with Crippen molar-refractivity contribution in [2.75, 3.05) is 11.9 Å². The quantitative estimate of drug-likeness (QED) is 0.861. The topological polar surface area (TPSA) is 24.9 Å². The summed E-state index contributed by atoms with van der Waals surface area (Å²) in [6, 6.07) is 10.6. The molecule has 0 saturated carbocycles. The Morgan fingerprint density at radius 2 is 1.94 bits per heavy atom. The third-order valence-corrected chi connectivity index (χ3v) is 2.81. The van der Waals surface area contributed by atoms with Crippen LogP contribution in [0.15, 0.2) is 36.5 Å². The molecule has 0 spiro atoms. The van der Waals surface area contributed by atoms with Gasteiger partial charge in [0.05, 0.1) is 5.69 Å². The van der Waals surface area contributed by atoms with Gasteiger partial charge in [-0.25, -0.2) is 0 Å². The number of rotatable bonds is 3. The monoisotopic (exact) mass is 226 g/mol. The highest BCUT2D eigenvalue weighted by Gasteiger charge is 2.04. The summed E-state index contributed by atoms with van der Waals surface area (Å²) in [5.41, 5.74) is 5.89. The van der Waals surface area contributed by atoms with Crippen molar-refractivity contribution in [3.05, 3.63) is 47.7 Å². The number of nitrogens with zero attached hydrogens (tertiary/aromatic N) is 1. The molecule has 1 heterocycles. The van der Waals surface area contributed by atoms with E-state index in [0.29, 0.717) is 0 Å². The van der Waals surface area contributed by atoms with Crippen LogP contribution in [0.1, 0.15) is 18.1 Å². The van der Waals surface area contributed by atoms with E-state index in [1.165, 1.54) is 16.7 Å². The lowest BCUT2D eigenvalue weighted by Gasteiger charge is -2.09. The highest BCUT2D eigenvalue weighted by Crippen LogP contribution is 2.24. The van der Waals surface area contributed by atoms with Crippen LogP contribution in [0.4, 0.5) is 5.69 Å². The Morgan fingerprint density at radius 1 is 1.12 bits per heavy atom. The molecule has 0 atom stereocenters. The second-order valence-electron chi connectivity index (χ2n) is 4.28. The van der Waals surface area contributed by atoms with E-state index in [9.17, 15) is 0 Å². The van der Waals surface area contributed by atoms with Crippen LogP contribution in [0.25, 0.3) is 11.3 Å². The molecule has 0 radical (unpaired) electrons. The number of anilines is 1. The maximum Gasteiger partial charge on any atom is 0.0725 e. The second-order valence-corrected chi connectivity index (χ2v) is 4.28. The summed E-state index contributed by atoms with van der Waals surface area (Å²) in [6.07, 6.45) is 1.86. The molecule has 1 N–H and O–H groups in total. The van der Waals surface area contributed by atoms with Crippen LogP contribution in [0.3, 0.4) is 0 Å². The summed E-state index contributed by atoms with van der Waals surface area (Å²) in [6.45, 7) is 7.25. The third kappa shape index (κ3) is 2.64. The van der Waals surface area contributed by atoms with E-state index < -0.39 is 0 Å². The fraction of sp³-hybridized carbons (Fsp3) is 0.267. The maximum atomic E-state index is 4.45. The van der Waals surface area contributed by atoms with Gasteiger partial charge in [0.2, 0.25) is 0 Å². The molecule has 2 rings (SSSR count). The third-order valence-electron chi connectivity index (χ3n) is 2.81. The molecule has 0 unspecified atom stereocenters. The minimum absolute atomic E-state index is 0.927. The normalized spacial score (nSPS) is 10.3. The molecule has 1 aromatic carbocycles. The van der Waals surface area contributed by atoms with E-state index in [2.05, 4.69) is 55.3 Å². The standard InChI is InChI=1S/C15H18N2/c1-4-16-13-7-8-17-15(10-13)14-9-11(2)5-6-12(14)3/h5-10H,4H2,1-3H3,(H,16,17). The zero-order valence-corrected chi connectivity index (χ0v) is 10.6. The van der Waals surface area contributed by atoms with Crippen LogP contribution >= 0.6 is 0 Å². The Morgan fingerprint density at radius 3 is 2.71 bits per heavy atom. The Hall–Kier alpha value is -1.83. The molecule has 0 amide bonds. The van der Waals surface area contributed by atoms with E-state index >= 15 is 0 Å². The average molecular weight is 226 g/mol. The van der Waals surface area contributed by atoms with Crippen LogP contribution in [0.2, 0.25) is 0 Å². The van der Waals surface area contributed by atoms with Crippen molar-refractivity contribution in [1.29, 1.82) is 0 Å². The number of nitrogens with one attached hydrogen (secondary N) is 1. The van der Waals surface area contributed by atoms with Crippen LogP contribution in [-0.4, -0.2) is 11.5 Å². The van der Waals surface area contributed by atoms with Crippen molar-refractivity contribution in [1.82, 2.24) is 4.98 Å². The molecule has 2 heteroatoms. The van der Waals surface area contributed by atoms with Crippen molar-refractivity contribution in [2.45, 2.75) is 20.8 Å². The molecular weight excluding hydrogens is 208 g/mol. The molecule has 17 heavy (non-hydrogen) atoms. The van der Waals surface area contributed by atoms with Gasteiger partial charge in [0.1, 0.15) is 0 Å². The fourth-order valence-corrected chi connectivity index (χ4v) is 1.90. The van der Waals surface area contributed by atoms with E-state index in [1.54, 1.807) is 0 Å². The lowest BCUT2D eigenvalue weighted by atomic mass is 10.0. The largest absolute Gasteiger partial charge is 0.385 e. The van der Waals surface area contributed by atoms with Crippen molar-refractivity contribution in [3.8, 4) is 11.3 Å². The molecule has 0 aliphatic heterocycles. The van der Waals surface area contributed by atoms with Gasteiger partial charge < -0.3 is 5.32 Å². The van der Waals surface area contributed by atoms with Crippen molar-refractivity contribution in [2.24, 2.45) is 0 Å². The van der Waals surface area contributed by atoms with Gasteiger partial charge in [-0.2, -0.15) is 0 Å². The van der Waals surface area contributed by atoms with Gasteiger partial charge in [-0.1, -0.05) is 17.7 Å². The summed E-state index contributed by atoms with van der Waals surface area (Å²) < 4.78 is 0. The van der Waals surface area contributed by atoms with Crippen LogP contribution in [-0.2, 0) is 0 Å². The molecule has 2 aromatic rings. The molecule has 0 fully saturated rings. The molecule has 0 aliphatic rings. The Kier molecular flexibility index (Phi) is 3.43. The fourth-order valence-electron chi connectivity index (χ4n) is 1.90. The minimum atomic E-state index is 0.927. The van der Waals surface area contributed by atoms with Crippen molar-refractivity contribution in [3.63, 3.8) is 0 Å². The van der Waals surface area contributed by atoms with E-state index in [0.717, 1.165) is 17.9 Å². The first-order chi connectivity index (χ1) is 8.20. The number of hydrogen-bond donors (Lipinski definition) is 1. The highest BCUT2D eigenvalue weighted by atomic mass is 14.9. The van der Waals surface area contributed by atoms with Gasteiger partial charge in [0.25, 0.3) is 0 Å².